The molecular formula is C22H36N2O3. The summed E-state index contributed by atoms with van der Waals surface area (Å²) in [6.45, 7) is 7.28. The number of aliphatic hydroxyl groups excluding tert-OH is 1. The zero-order chi connectivity index (χ0) is 19.4. The van der Waals surface area contributed by atoms with Crippen LogP contribution in [0, 0.1) is 0 Å². The highest BCUT2D eigenvalue weighted by Crippen LogP contribution is 2.49. The van der Waals surface area contributed by atoms with E-state index in [-0.39, 0.29) is 6.61 Å². The number of likely N-dealkylation sites (N-methyl/N-ethyl adjacent to an activating group) is 1. The van der Waals surface area contributed by atoms with Crippen LogP contribution in [0.3, 0.4) is 0 Å². The van der Waals surface area contributed by atoms with Gasteiger partial charge in [0.05, 0.1) is 7.11 Å². The van der Waals surface area contributed by atoms with Gasteiger partial charge in [-0.25, -0.2) is 0 Å². The van der Waals surface area contributed by atoms with Crippen LogP contribution in [0.25, 0.3) is 0 Å². The van der Waals surface area contributed by atoms with Crippen LogP contribution < -0.4 is 9.47 Å². The van der Waals surface area contributed by atoms with Gasteiger partial charge in [-0.3, -0.25) is 4.90 Å². The van der Waals surface area contributed by atoms with Crippen LogP contribution >= 0.6 is 0 Å². The van der Waals surface area contributed by atoms with Crippen molar-refractivity contribution in [2.24, 2.45) is 0 Å². The summed E-state index contributed by atoms with van der Waals surface area (Å²) >= 11 is 0. The second-order valence-electron chi connectivity index (χ2n) is 8.59. The van der Waals surface area contributed by atoms with Crippen LogP contribution in [0.1, 0.15) is 51.5 Å². The number of likely N-dealkylation sites (tertiary alicyclic amines) is 1. The van der Waals surface area contributed by atoms with E-state index in [4.69, 9.17) is 9.47 Å². The Labute approximate surface area is 164 Å². The number of aliphatic hydroxyl groups is 1. The van der Waals surface area contributed by atoms with Crippen molar-refractivity contribution < 1.29 is 14.6 Å². The second kappa shape index (κ2) is 8.80. The van der Waals surface area contributed by atoms with Gasteiger partial charge in [0.1, 0.15) is 12.7 Å². The van der Waals surface area contributed by atoms with Crippen molar-refractivity contribution in [3.8, 4) is 11.5 Å². The van der Waals surface area contributed by atoms with Gasteiger partial charge in [-0.1, -0.05) is 12.5 Å². The largest absolute Gasteiger partial charge is 0.493 e. The molecule has 1 spiro atoms. The molecule has 5 nitrogen and oxygen atoms in total. The molecule has 1 aliphatic heterocycles. The molecule has 1 atom stereocenters. The summed E-state index contributed by atoms with van der Waals surface area (Å²) in [5.41, 5.74) is 1.76. The molecule has 1 N–H and O–H groups in total. The lowest BCUT2D eigenvalue weighted by molar-refractivity contribution is 0.0668. The molecule has 0 amide bonds. The van der Waals surface area contributed by atoms with Gasteiger partial charge in [0, 0.05) is 24.7 Å². The van der Waals surface area contributed by atoms with Crippen molar-refractivity contribution in [3.63, 3.8) is 0 Å². The summed E-state index contributed by atoms with van der Waals surface area (Å²) in [4.78, 5) is 4.78. The van der Waals surface area contributed by atoms with Crippen molar-refractivity contribution >= 4 is 0 Å². The zero-order valence-electron chi connectivity index (χ0n) is 17.4. The van der Waals surface area contributed by atoms with Gasteiger partial charge in [-0.2, -0.15) is 0 Å². The summed E-state index contributed by atoms with van der Waals surface area (Å²) in [5.74, 6) is 1.45. The van der Waals surface area contributed by atoms with Gasteiger partial charge < -0.3 is 19.5 Å². The molecule has 1 saturated carbocycles. The number of benzene rings is 1. The quantitative estimate of drug-likeness (QED) is 0.716. The summed E-state index contributed by atoms with van der Waals surface area (Å²) < 4.78 is 11.4. The van der Waals surface area contributed by atoms with Crippen molar-refractivity contribution in [3.05, 3.63) is 23.8 Å². The number of piperidine rings is 1. The van der Waals surface area contributed by atoms with E-state index in [1.54, 1.807) is 7.11 Å². The third-order valence-electron chi connectivity index (χ3n) is 6.23. The van der Waals surface area contributed by atoms with Gasteiger partial charge >= 0.3 is 0 Å². The molecule has 27 heavy (non-hydrogen) atoms. The van der Waals surface area contributed by atoms with Crippen molar-refractivity contribution in [2.45, 2.75) is 70.2 Å². The SMILES string of the molecule is COc1cc(CN2CCCCC23CC3)ccc1OC[C@@H](O)CN(C)C(C)C. The average molecular weight is 377 g/mol. The van der Waals surface area contributed by atoms with E-state index in [0.29, 0.717) is 23.9 Å². The monoisotopic (exact) mass is 376 g/mol. The maximum atomic E-state index is 10.2. The molecule has 0 radical (unpaired) electrons. The molecule has 1 heterocycles. The van der Waals surface area contributed by atoms with Crippen molar-refractivity contribution in [2.75, 3.05) is 33.9 Å². The lowest BCUT2D eigenvalue weighted by Gasteiger charge is -2.36. The summed E-state index contributed by atoms with van der Waals surface area (Å²) in [5, 5.41) is 10.2. The van der Waals surface area contributed by atoms with Crippen LogP contribution in [0.2, 0.25) is 0 Å². The highest BCUT2D eigenvalue weighted by Gasteiger charge is 2.48. The molecule has 0 unspecified atom stereocenters. The summed E-state index contributed by atoms with van der Waals surface area (Å²) in [7, 11) is 3.69. The molecule has 152 valence electrons. The third-order valence-corrected chi connectivity index (χ3v) is 6.23. The van der Waals surface area contributed by atoms with E-state index in [0.717, 1.165) is 12.3 Å². The Morgan fingerprint density at radius 1 is 1.19 bits per heavy atom. The maximum Gasteiger partial charge on any atom is 0.161 e. The first-order chi connectivity index (χ1) is 12.9. The molecule has 2 aliphatic rings. The first-order valence-electron chi connectivity index (χ1n) is 10.4. The average Bonchev–Trinajstić information content (AvgIpc) is 3.42. The first kappa shape index (κ1) is 20.4. The topological polar surface area (TPSA) is 45.2 Å². The standard InChI is InChI=1S/C22H36N2O3/c1-17(2)23(3)15-19(25)16-27-20-8-7-18(13-21(20)26-4)14-24-12-6-5-9-22(24)10-11-22/h7-8,13,17,19,25H,5-6,9-12,14-16H2,1-4H3/t19-/m0/s1. The fourth-order valence-corrected chi connectivity index (χ4v) is 4.04. The van der Waals surface area contributed by atoms with Gasteiger partial charge in [0.25, 0.3) is 0 Å². The molecule has 1 aromatic carbocycles. The lowest BCUT2D eigenvalue weighted by Crippen LogP contribution is -2.40. The number of hydrogen-bond acceptors (Lipinski definition) is 5. The highest BCUT2D eigenvalue weighted by atomic mass is 16.5. The second-order valence-corrected chi connectivity index (χ2v) is 8.59. The van der Waals surface area contributed by atoms with E-state index >= 15 is 0 Å². The number of rotatable bonds is 9. The van der Waals surface area contributed by atoms with Crippen LogP contribution in [-0.2, 0) is 6.54 Å². The minimum Gasteiger partial charge on any atom is -0.493 e. The molecule has 2 fully saturated rings. The Hall–Kier alpha value is -1.30. The predicted molar refractivity (Wildman–Crippen MR) is 108 cm³/mol. The Morgan fingerprint density at radius 3 is 2.63 bits per heavy atom. The van der Waals surface area contributed by atoms with Crippen LogP contribution in [0.15, 0.2) is 18.2 Å². The molecule has 1 aromatic rings. The minimum absolute atomic E-state index is 0.266. The maximum absolute atomic E-state index is 10.2. The minimum atomic E-state index is -0.523. The van der Waals surface area contributed by atoms with Crippen molar-refractivity contribution in [1.82, 2.24) is 9.80 Å². The molecule has 3 rings (SSSR count). The Morgan fingerprint density at radius 2 is 1.96 bits per heavy atom. The van der Waals surface area contributed by atoms with Crippen LogP contribution in [0.4, 0.5) is 0 Å². The van der Waals surface area contributed by atoms with E-state index in [2.05, 4.69) is 35.8 Å². The number of ether oxygens (including phenoxy) is 2. The molecular weight excluding hydrogens is 340 g/mol. The van der Waals surface area contributed by atoms with E-state index in [1.165, 1.54) is 44.2 Å². The smallest absolute Gasteiger partial charge is 0.161 e. The predicted octanol–water partition coefficient (Wildman–Crippen LogP) is 3.29. The van der Waals surface area contributed by atoms with Gasteiger partial charge in [0.2, 0.25) is 0 Å². The highest BCUT2D eigenvalue weighted by molar-refractivity contribution is 5.43. The Bertz CT molecular complexity index is 616. The zero-order valence-corrected chi connectivity index (χ0v) is 17.4. The first-order valence-corrected chi connectivity index (χ1v) is 10.4. The normalized spacial score (nSPS) is 20.3. The van der Waals surface area contributed by atoms with Gasteiger partial charge in [-0.15, -0.1) is 0 Å². The molecule has 1 aliphatic carbocycles. The molecule has 0 bridgehead atoms. The number of hydrogen-bond donors (Lipinski definition) is 1. The van der Waals surface area contributed by atoms with Crippen molar-refractivity contribution in [1.29, 1.82) is 0 Å². The number of nitrogens with zero attached hydrogens (tertiary/aromatic N) is 2. The van der Waals surface area contributed by atoms with Crippen LogP contribution in [0.5, 0.6) is 11.5 Å². The summed E-state index contributed by atoms with van der Waals surface area (Å²) in [6.07, 6.45) is 6.23. The van der Waals surface area contributed by atoms with E-state index in [9.17, 15) is 5.11 Å². The Balaban J connectivity index is 1.57. The van der Waals surface area contributed by atoms with Gasteiger partial charge in [-0.05, 0) is 70.8 Å². The Kier molecular flexibility index (Phi) is 6.66. The van der Waals surface area contributed by atoms with E-state index < -0.39 is 6.10 Å². The van der Waals surface area contributed by atoms with Gasteiger partial charge in [0.15, 0.2) is 11.5 Å². The van der Waals surface area contributed by atoms with Crippen LogP contribution in [-0.4, -0.2) is 66.4 Å². The molecule has 5 heteroatoms. The molecule has 0 aromatic heterocycles. The lowest BCUT2D eigenvalue weighted by atomic mass is 9.99. The fraction of sp³-hybridized carbons (Fsp3) is 0.727. The fourth-order valence-electron chi connectivity index (χ4n) is 4.04. The third kappa shape index (κ3) is 5.15. The summed E-state index contributed by atoms with van der Waals surface area (Å²) in [6, 6.07) is 6.61. The molecule has 1 saturated heterocycles. The van der Waals surface area contributed by atoms with E-state index in [1.807, 2.05) is 13.1 Å². The number of methoxy groups -OCH3 is 1.